The molecule has 1 heterocycles. The molecular formula is C7H8BrFN2. The Hall–Kier alpha value is -0.510. The van der Waals surface area contributed by atoms with Gasteiger partial charge in [-0.1, -0.05) is 0 Å². The van der Waals surface area contributed by atoms with Gasteiger partial charge in [-0.3, -0.25) is 0 Å². The van der Waals surface area contributed by atoms with Crippen molar-refractivity contribution in [1.29, 1.82) is 0 Å². The van der Waals surface area contributed by atoms with Crippen LogP contribution in [0.25, 0.3) is 0 Å². The van der Waals surface area contributed by atoms with E-state index in [0.29, 0.717) is 0 Å². The Labute approximate surface area is 73.0 Å². The normalized spacial score (nSPS) is 11.6. The molecule has 11 heavy (non-hydrogen) atoms. The van der Waals surface area contributed by atoms with E-state index in [0.717, 1.165) is 4.47 Å². The lowest BCUT2D eigenvalue weighted by atomic mass is 10.1. The molecule has 0 spiro atoms. The molecule has 60 valence electrons. The fourth-order valence-corrected chi connectivity index (χ4v) is 0.824. The fraction of sp³-hybridized carbons (Fsp3) is 0.429. The topological polar surface area (TPSA) is 25.8 Å². The first kappa shape index (κ1) is 8.59. The minimum Gasteiger partial charge on any atom is -0.237 e. The summed E-state index contributed by atoms with van der Waals surface area (Å²) in [6.45, 7) is 2.85. The predicted octanol–water partition coefficient (Wildman–Crippen LogP) is 2.44. The molecule has 0 aliphatic heterocycles. The van der Waals surface area contributed by atoms with Gasteiger partial charge in [0.1, 0.15) is 0 Å². The lowest BCUT2D eigenvalue weighted by Gasteiger charge is -2.10. The van der Waals surface area contributed by atoms with Crippen LogP contribution in [0.4, 0.5) is 4.39 Å². The Bertz CT molecular complexity index is 240. The van der Waals surface area contributed by atoms with Crippen LogP contribution in [0.15, 0.2) is 16.9 Å². The van der Waals surface area contributed by atoms with Gasteiger partial charge in [0.25, 0.3) is 0 Å². The first-order valence-corrected chi connectivity index (χ1v) is 3.96. The summed E-state index contributed by atoms with van der Waals surface area (Å²) in [5, 5.41) is 0. The highest BCUT2D eigenvalue weighted by Crippen LogP contribution is 2.20. The van der Waals surface area contributed by atoms with Crippen molar-refractivity contribution in [2.75, 3.05) is 0 Å². The molecule has 0 aromatic carbocycles. The van der Waals surface area contributed by atoms with Gasteiger partial charge in [0, 0.05) is 12.4 Å². The first-order chi connectivity index (χ1) is 5.00. The van der Waals surface area contributed by atoms with E-state index in [1.807, 2.05) is 0 Å². The highest BCUT2D eigenvalue weighted by atomic mass is 79.9. The zero-order valence-corrected chi connectivity index (χ0v) is 7.89. The monoisotopic (exact) mass is 218 g/mol. The van der Waals surface area contributed by atoms with Crippen LogP contribution in [0, 0.1) is 0 Å². The standard InChI is InChI=1S/C7H8BrFN2/c1-7(2,9)6-10-3-5(8)4-11-6/h3-4H,1-2H3. The smallest absolute Gasteiger partial charge is 0.165 e. The van der Waals surface area contributed by atoms with E-state index >= 15 is 0 Å². The summed E-state index contributed by atoms with van der Waals surface area (Å²) in [7, 11) is 0. The quantitative estimate of drug-likeness (QED) is 0.724. The largest absolute Gasteiger partial charge is 0.237 e. The van der Waals surface area contributed by atoms with Crippen molar-refractivity contribution in [3.05, 3.63) is 22.7 Å². The molecule has 0 saturated carbocycles. The van der Waals surface area contributed by atoms with Crippen molar-refractivity contribution < 1.29 is 4.39 Å². The maximum absolute atomic E-state index is 13.1. The molecule has 4 heteroatoms. The van der Waals surface area contributed by atoms with Crippen LogP contribution >= 0.6 is 15.9 Å². The van der Waals surface area contributed by atoms with Crippen LogP contribution in [0.3, 0.4) is 0 Å². The molecule has 0 N–H and O–H groups in total. The minimum atomic E-state index is -1.46. The van der Waals surface area contributed by atoms with Crippen molar-refractivity contribution in [1.82, 2.24) is 9.97 Å². The number of aromatic nitrogens is 2. The van der Waals surface area contributed by atoms with Gasteiger partial charge in [-0.15, -0.1) is 0 Å². The van der Waals surface area contributed by atoms with Gasteiger partial charge in [0.2, 0.25) is 0 Å². The van der Waals surface area contributed by atoms with Crippen LogP contribution in [-0.4, -0.2) is 9.97 Å². The van der Waals surface area contributed by atoms with Crippen molar-refractivity contribution in [3.63, 3.8) is 0 Å². The molecule has 0 fully saturated rings. The van der Waals surface area contributed by atoms with E-state index < -0.39 is 5.67 Å². The summed E-state index contributed by atoms with van der Waals surface area (Å²) in [6, 6.07) is 0. The maximum atomic E-state index is 13.1. The number of rotatable bonds is 1. The van der Waals surface area contributed by atoms with Crippen LogP contribution in [-0.2, 0) is 5.67 Å². The van der Waals surface area contributed by atoms with Gasteiger partial charge in [0.15, 0.2) is 11.5 Å². The summed E-state index contributed by atoms with van der Waals surface area (Å²) in [6.07, 6.45) is 3.06. The van der Waals surface area contributed by atoms with Crippen LogP contribution < -0.4 is 0 Å². The fourth-order valence-electron chi connectivity index (χ4n) is 0.619. The molecular weight excluding hydrogens is 211 g/mol. The lowest BCUT2D eigenvalue weighted by molar-refractivity contribution is 0.206. The van der Waals surface area contributed by atoms with Crippen LogP contribution in [0.1, 0.15) is 19.7 Å². The third-order valence-electron chi connectivity index (χ3n) is 1.15. The van der Waals surface area contributed by atoms with E-state index in [2.05, 4.69) is 25.9 Å². The molecule has 0 unspecified atom stereocenters. The zero-order valence-electron chi connectivity index (χ0n) is 6.31. The number of nitrogens with zero attached hydrogens (tertiary/aromatic N) is 2. The second kappa shape index (κ2) is 2.85. The minimum absolute atomic E-state index is 0.209. The van der Waals surface area contributed by atoms with Gasteiger partial charge in [-0.2, -0.15) is 0 Å². The highest BCUT2D eigenvalue weighted by Gasteiger charge is 2.21. The maximum Gasteiger partial charge on any atom is 0.165 e. The summed E-state index contributed by atoms with van der Waals surface area (Å²) in [5.41, 5.74) is -1.46. The second-order valence-electron chi connectivity index (χ2n) is 2.70. The third kappa shape index (κ3) is 2.22. The number of hydrogen-bond acceptors (Lipinski definition) is 2. The molecule has 0 amide bonds. The summed E-state index contributed by atoms with van der Waals surface area (Å²) < 4.78 is 13.9. The van der Waals surface area contributed by atoms with E-state index in [1.54, 1.807) is 0 Å². The van der Waals surface area contributed by atoms with E-state index in [-0.39, 0.29) is 5.82 Å². The SMILES string of the molecule is CC(C)(F)c1ncc(Br)cn1. The first-order valence-electron chi connectivity index (χ1n) is 3.17. The zero-order chi connectivity index (χ0) is 8.48. The Kier molecular flexibility index (Phi) is 2.23. The van der Waals surface area contributed by atoms with E-state index in [9.17, 15) is 4.39 Å². The van der Waals surface area contributed by atoms with Crippen molar-refractivity contribution >= 4 is 15.9 Å². The molecule has 1 aromatic rings. The lowest BCUT2D eigenvalue weighted by Crippen LogP contribution is -2.13. The van der Waals surface area contributed by atoms with Gasteiger partial charge in [-0.25, -0.2) is 14.4 Å². The summed E-state index contributed by atoms with van der Waals surface area (Å²) in [4.78, 5) is 7.63. The Morgan fingerprint density at radius 2 is 1.82 bits per heavy atom. The van der Waals surface area contributed by atoms with Crippen molar-refractivity contribution in [3.8, 4) is 0 Å². The van der Waals surface area contributed by atoms with Crippen LogP contribution in [0.2, 0.25) is 0 Å². The molecule has 0 atom stereocenters. The molecule has 2 nitrogen and oxygen atoms in total. The van der Waals surface area contributed by atoms with E-state index in [1.165, 1.54) is 26.2 Å². The molecule has 0 radical (unpaired) electrons. The van der Waals surface area contributed by atoms with Gasteiger partial charge < -0.3 is 0 Å². The Morgan fingerprint density at radius 3 is 2.18 bits per heavy atom. The average Bonchev–Trinajstić information content (AvgIpc) is 1.86. The molecule has 0 saturated heterocycles. The number of hydrogen-bond donors (Lipinski definition) is 0. The summed E-state index contributed by atoms with van der Waals surface area (Å²) in [5.74, 6) is 0.209. The predicted molar refractivity (Wildman–Crippen MR) is 43.9 cm³/mol. The number of halogens is 2. The van der Waals surface area contributed by atoms with Crippen LogP contribution in [0.5, 0.6) is 0 Å². The summed E-state index contributed by atoms with van der Waals surface area (Å²) >= 11 is 3.16. The van der Waals surface area contributed by atoms with Crippen molar-refractivity contribution in [2.45, 2.75) is 19.5 Å². The van der Waals surface area contributed by atoms with Gasteiger partial charge >= 0.3 is 0 Å². The highest BCUT2D eigenvalue weighted by molar-refractivity contribution is 9.10. The molecule has 1 aromatic heterocycles. The average molecular weight is 219 g/mol. The van der Waals surface area contributed by atoms with Gasteiger partial charge in [-0.05, 0) is 29.8 Å². The molecule has 0 aliphatic rings. The van der Waals surface area contributed by atoms with Gasteiger partial charge in [0.05, 0.1) is 4.47 Å². The second-order valence-corrected chi connectivity index (χ2v) is 3.61. The number of alkyl halides is 1. The Morgan fingerprint density at radius 1 is 1.36 bits per heavy atom. The molecule has 0 aliphatic carbocycles. The molecule has 0 bridgehead atoms. The van der Waals surface area contributed by atoms with E-state index in [4.69, 9.17) is 0 Å². The van der Waals surface area contributed by atoms with Crippen molar-refractivity contribution in [2.24, 2.45) is 0 Å². The molecule has 1 rings (SSSR count). The third-order valence-corrected chi connectivity index (χ3v) is 1.56. The Balaban J connectivity index is 2.99.